The quantitative estimate of drug-likeness (QED) is 0.334. The molecule has 0 aliphatic rings. The average molecular weight is 489 g/mol. The van der Waals surface area contributed by atoms with Gasteiger partial charge in [-0.3, -0.25) is 4.79 Å². The molecule has 0 spiro atoms. The number of hydrogen-bond donors (Lipinski definition) is 2. The number of nitrogens with zero attached hydrogens (tertiary/aromatic N) is 3. The maximum absolute atomic E-state index is 13.8. The number of anilines is 1. The predicted octanol–water partition coefficient (Wildman–Crippen LogP) is 4.72. The molecular weight excluding hydrogens is 459 g/mol. The summed E-state index contributed by atoms with van der Waals surface area (Å²) in [5, 5.41) is 11.4. The zero-order valence-corrected chi connectivity index (χ0v) is 20.5. The topological polar surface area (TPSA) is 81.2 Å². The van der Waals surface area contributed by atoms with Crippen LogP contribution in [0.25, 0.3) is 10.9 Å². The second-order valence-corrected chi connectivity index (χ2v) is 8.66. The Balaban J connectivity index is 1.75. The number of benzene rings is 3. The summed E-state index contributed by atoms with van der Waals surface area (Å²) in [6, 6.07) is 21.2. The number of aromatic amines is 1. The number of aromatic nitrogens is 1. The fourth-order valence-corrected chi connectivity index (χ4v) is 3.99. The lowest BCUT2D eigenvalue weighted by Crippen LogP contribution is -2.38. The van der Waals surface area contributed by atoms with Gasteiger partial charge in [-0.05, 0) is 56.6 Å². The monoisotopic (exact) mass is 488 g/mol. The molecular formula is C28H29FN4O3. The number of carbonyl (C=O) groups excluding carboxylic acids is 1. The van der Waals surface area contributed by atoms with Gasteiger partial charge in [-0.2, -0.15) is 0 Å². The molecule has 1 amide bonds. The number of rotatable bonds is 9. The number of amides is 1. The van der Waals surface area contributed by atoms with Crippen molar-refractivity contribution in [3.63, 3.8) is 0 Å². The standard InChI is InChI=1S/C28H29FN4O3/c1-32(2)15-16-33(25(34)18-36-3)22-12-10-21(11-13-22)30-27(19-7-5-4-6-8-19)26-23-14-9-20(29)17-24(23)31-28(26)35/h4-14,17,31,35H,15-16,18H2,1-3H3. The number of nitrogens with one attached hydrogen (secondary N) is 1. The third kappa shape index (κ3) is 5.62. The van der Waals surface area contributed by atoms with E-state index >= 15 is 0 Å². The highest BCUT2D eigenvalue weighted by Crippen LogP contribution is 2.32. The zero-order chi connectivity index (χ0) is 25.7. The summed E-state index contributed by atoms with van der Waals surface area (Å²) in [6.07, 6.45) is 0. The van der Waals surface area contributed by atoms with Gasteiger partial charge in [-0.15, -0.1) is 0 Å². The smallest absolute Gasteiger partial charge is 0.252 e. The molecule has 0 bridgehead atoms. The summed E-state index contributed by atoms with van der Waals surface area (Å²) in [7, 11) is 5.41. The molecule has 186 valence electrons. The molecule has 0 aliphatic carbocycles. The number of halogens is 1. The Morgan fingerprint density at radius 1 is 1.03 bits per heavy atom. The van der Waals surface area contributed by atoms with Gasteiger partial charge in [0.25, 0.3) is 5.91 Å². The van der Waals surface area contributed by atoms with Crippen molar-refractivity contribution < 1.29 is 19.0 Å². The minimum absolute atomic E-state index is 0.00801. The van der Waals surface area contributed by atoms with Gasteiger partial charge in [0.1, 0.15) is 12.4 Å². The van der Waals surface area contributed by atoms with Crippen LogP contribution in [0.3, 0.4) is 0 Å². The Hall–Kier alpha value is -4.01. The summed E-state index contributed by atoms with van der Waals surface area (Å²) in [6.45, 7) is 1.21. The SMILES string of the molecule is COCC(=O)N(CCN(C)C)c1ccc(N=C(c2ccccc2)c2c(O)[nH]c3cc(F)ccc23)cc1. The van der Waals surface area contributed by atoms with Crippen molar-refractivity contribution in [2.45, 2.75) is 0 Å². The Kier molecular flexibility index (Phi) is 7.77. The summed E-state index contributed by atoms with van der Waals surface area (Å²) < 4.78 is 18.8. The number of aromatic hydroxyl groups is 1. The Morgan fingerprint density at radius 3 is 2.42 bits per heavy atom. The first kappa shape index (κ1) is 25.1. The van der Waals surface area contributed by atoms with E-state index in [9.17, 15) is 14.3 Å². The van der Waals surface area contributed by atoms with Crippen molar-refractivity contribution in [3.05, 3.63) is 89.7 Å². The highest BCUT2D eigenvalue weighted by Gasteiger charge is 2.20. The van der Waals surface area contributed by atoms with Crippen molar-refractivity contribution >= 4 is 33.9 Å². The Labute approximate surface area is 209 Å². The molecule has 36 heavy (non-hydrogen) atoms. The summed E-state index contributed by atoms with van der Waals surface area (Å²) in [5.41, 5.74) is 3.69. The van der Waals surface area contributed by atoms with Crippen LogP contribution >= 0.6 is 0 Å². The molecule has 4 rings (SSSR count). The first-order valence-corrected chi connectivity index (χ1v) is 11.6. The van der Waals surface area contributed by atoms with Gasteiger partial charge in [-0.25, -0.2) is 9.38 Å². The molecule has 0 saturated heterocycles. The number of H-pyrrole nitrogens is 1. The summed E-state index contributed by atoms with van der Waals surface area (Å²) in [4.78, 5) is 24.1. The lowest BCUT2D eigenvalue weighted by atomic mass is 10.0. The van der Waals surface area contributed by atoms with Gasteiger partial charge >= 0.3 is 0 Å². The first-order valence-electron chi connectivity index (χ1n) is 11.6. The van der Waals surface area contributed by atoms with Crippen molar-refractivity contribution in [1.82, 2.24) is 9.88 Å². The fourth-order valence-electron chi connectivity index (χ4n) is 3.99. The number of carbonyl (C=O) groups is 1. The van der Waals surface area contributed by atoms with Gasteiger partial charge in [0.05, 0.1) is 22.5 Å². The van der Waals surface area contributed by atoms with E-state index in [2.05, 4.69) is 4.98 Å². The number of fused-ring (bicyclic) bond motifs is 1. The van der Waals surface area contributed by atoms with Crippen LogP contribution in [0.4, 0.5) is 15.8 Å². The van der Waals surface area contributed by atoms with E-state index in [1.54, 1.807) is 11.0 Å². The molecule has 0 saturated carbocycles. The van der Waals surface area contributed by atoms with Crippen LogP contribution in [0.15, 0.2) is 77.8 Å². The van der Waals surface area contributed by atoms with Crippen molar-refractivity contribution in [2.75, 3.05) is 45.8 Å². The maximum atomic E-state index is 13.8. The van der Waals surface area contributed by atoms with Crippen LogP contribution in [0, 0.1) is 5.82 Å². The van der Waals surface area contributed by atoms with Crippen molar-refractivity contribution in [1.29, 1.82) is 0 Å². The van der Waals surface area contributed by atoms with E-state index in [4.69, 9.17) is 9.73 Å². The van der Waals surface area contributed by atoms with Crippen LogP contribution in [0.5, 0.6) is 5.88 Å². The molecule has 4 aromatic rings. The molecule has 1 heterocycles. The minimum Gasteiger partial charge on any atom is -0.494 e. The van der Waals surface area contributed by atoms with E-state index < -0.39 is 5.82 Å². The molecule has 1 aromatic heterocycles. The molecule has 3 aromatic carbocycles. The largest absolute Gasteiger partial charge is 0.494 e. The lowest BCUT2D eigenvalue weighted by Gasteiger charge is -2.24. The maximum Gasteiger partial charge on any atom is 0.252 e. The van der Waals surface area contributed by atoms with E-state index in [-0.39, 0.29) is 18.4 Å². The molecule has 0 fully saturated rings. The van der Waals surface area contributed by atoms with Crippen LogP contribution in [-0.2, 0) is 9.53 Å². The van der Waals surface area contributed by atoms with Crippen LogP contribution < -0.4 is 4.90 Å². The average Bonchev–Trinajstić information content (AvgIpc) is 3.18. The second kappa shape index (κ2) is 11.2. The van der Waals surface area contributed by atoms with Crippen LogP contribution in [-0.4, -0.2) is 67.5 Å². The van der Waals surface area contributed by atoms with Gasteiger partial charge in [0.2, 0.25) is 0 Å². The van der Waals surface area contributed by atoms with Gasteiger partial charge < -0.3 is 24.6 Å². The predicted molar refractivity (Wildman–Crippen MR) is 141 cm³/mol. The molecule has 0 atom stereocenters. The van der Waals surface area contributed by atoms with E-state index in [0.29, 0.717) is 41.0 Å². The molecule has 0 radical (unpaired) electrons. The number of aliphatic imine (C=N–C) groups is 1. The molecule has 0 aliphatic heterocycles. The van der Waals surface area contributed by atoms with Crippen LogP contribution in [0.2, 0.25) is 0 Å². The normalized spacial score (nSPS) is 11.9. The van der Waals surface area contributed by atoms with Crippen molar-refractivity contribution in [3.8, 4) is 5.88 Å². The fraction of sp³-hybridized carbons (Fsp3) is 0.214. The minimum atomic E-state index is -0.397. The second-order valence-electron chi connectivity index (χ2n) is 8.66. The third-order valence-corrected chi connectivity index (χ3v) is 5.77. The zero-order valence-electron chi connectivity index (χ0n) is 20.5. The highest BCUT2D eigenvalue weighted by atomic mass is 19.1. The van der Waals surface area contributed by atoms with Gasteiger partial charge in [0.15, 0.2) is 5.88 Å². The van der Waals surface area contributed by atoms with Crippen molar-refractivity contribution in [2.24, 2.45) is 4.99 Å². The molecule has 0 unspecified atom stereocenters. The van der Waals surface area contributed by atoms with E-state index in [1.807, 2.05) is 73.6 Å². The summed E-state index contributed by atoms with van der Waals surface area (Å²) >= 11 is 0. The van der Waals surface area contributed by atoms with Gasteiger partial charge in [-0.1, -0.05) is 30.3 Å². The Bertz CT molecular complexity index is 1370. The third-order valence-electron chi connectivity index (χ3n) is 5.77. The number of methoxy groups -OCH3 is 1. The molecule has 8 heteroatoms. The highest BCUT2D eigenvalue weighted by molar-refractivity contribution is 6.21. The molecule has 7 nitrogen and oxygen atoms in total. The molecule has 2 N–H and O–H groups in total. The number of likely N-dealkylation sites (N-methyl/N-ethyl adjacent to an activating group) is 1. The van der Waals surface area contributed by atoms with Crippen LogP contribution in [0.1, 0.15) is 11.1 Å². The number of ether oxygens (including phenoxy) is 1. The number of hydrogen-bond acceptors (Lipinski definition) is 5. The van der Waals surface area contributed by atoms with Gasteiger partial charge in [0, 0.05) is 36.8 Å². The lowest BCUT2D eigenvalue weighted by molar-refractivity contribution is -0.122. The van der Waals surface area contributed by atoms with E-state index in [0.717, 1.165) is 11.3 Å². The Morgan fingerprint density at radius 2 is 1.75 bits per heavy atom. The first-order chi connectivity index (χ1) is 17.4. The van der Waals surface area contributed by atoms with E-state index in [1.165, 1.54) is 19.2 Å². The summed E-state index contributed by atoms with van der Waals surface area (Å²) in [5.74, 6) is -0.614.